The van der Waals surface area contributed by atoms with Crippen molar-refractivity contribution >= 4 is 16.7 Å². The Labute approximate surface area is 118 Å². The monoisotopic (exact) mass is 266 g/mol. The number of nitrogens with two attached hydrogens (primary N) is 1. The van der Waals surface area contributed by atoms with Gasteiger partial charge < -0.3 is 15.5 Å². The topological polar surface area (TPSA) is 51.2 Å². The lowest BCUT2D eigenvalue weighted by molar-refractivity contribution is 0.605. The van der Waals surface area contributed by atoms with Gasteiger partial charge in [-0.3, -0.25) is 0 Å². The van der Waals surface area contributed by atoms with Gasteiger partial charge >= 0.3 is 0 Å². The zero-order chi connectivity index (χ0) is 13.9. The third-order valence-corrected chi connectivity index (χ3v) is 3.51. The zero-order valence-electron chi connectivity index (χ0n) is 11.5. The number of benzene rings is 2. The smallest absolute Gasteiger partial charge is 0.134 e. The normalized spacial score (nSPS) is 12.5. The summed E-state index contributed by atoms with van der Waals surface area (Å²) in [5.41, 5.74) is 10.2. The van der Waals surface area contributed by atoms with Crippen molar-refractivity contribution in [1.82, 2.24) is 0 Å². The molecule has 0 bridgehead atoms. The summed E-state index contributed by atoms with van der Waals surface area (Å²) in [6.07, 6.45) is 1.80. The number of hydrogen-bond donors (Lipinski definition) is 2. The summed E-state index contributed by atoms with van der Waals surface area (Å²) in [6, 6.07) is 16.4. The van der Waals surface area contributed by atoms with Gasteiger partial charge in [0.15, 0.2) is 0 Å². The standard InChI is InChI=1S/C17H18N2O/c1-12-6-8-13(9-7-12)19-16(10-18)15-11-20-17-5-3-2-4-14(15)17/h2-9,11,16,19H,10,18H2,1H3. The first-order chi connectivity index (χ1) is 9.78. The molecule has 0 saturated heterocycles. The van der Waals surface area contributed by atoms with Crippen LogP contribution in [0.1, 0.15) is 17.2 Å². The van der Waals surface area contributed by atoms with Crippen molar-refractivity contribution in [2.45, 2.75) is 13.0 Å². The minimum Gasteiger partial charge on any atom is -0.464 e. The van der Waals surface area contributed by atoms with E-state index in [4.69, 9.17) is 10.2 Å². The molecule has 3 nitrogen and oxygen atoms in total. The van der Waals surface area contributed by atoms with E-state index < -0.39 is 0 Å². The van der Waals surface area contributed by atoms with Gasteiger partial charge in [0.05, 0.1) is 12.3 Å². The summed E-state index contributed by atoms with van der Waals surface area (Å²) < 4.78 is 5.59. The van der Waals surface area contributed by atoms with Gasteiger partial charge in [0.2, 0.25) is 0 Å². The van der Waals surface area contributed by atoms with Crippen LogP contribution in [-0.2, 0) is 0 Å². The molecule has 0 amide bonds. The lowest BCUT2D eigenvalue weighted by Crippen LogP contribution is -2.20. The maximum atomic E-state index is 5.93. The predicted octanol–water partition coefficient (Wildman–Crippen LogP) is 3.85. The van der Waals surface area contributed by atoms with Crippen LogP contribution in [-0.4, -0.2) is 6.54 Å². The molecule has 1 aromatic heterocycles. The fourth-order valence-electron chi connectivity index (χ4n) is 2.38. The van der Waals surface area contributed by atoms with E-state index in [1.165, 1.54) is 5.56 Å². The number of para-hydroxylation sites is 1. The summed E-state index contributed by atoms with van der Waals surface area (Å²) in [5, 5.41) is 4.58. The molecule has 20 heavy (non-hydrogen) atoms. The average Bonchev–Trinajstić information content (AvgIpc) is 2.91. The van der Waals surface area contributed by atoms with E-state index in [1.807, 2.05) is 18.2 Å². The van der Waals surface area contributed by atoms with Gasteiger partial charge in [-0.1, -0.05) is 35.9 Å². The number of hydrogen-bond acceptors (Lipinski definition) is 3. The van der Waals surface area contributed by atoms with E-state index in [9.17, 15) is 0 Å². The first kappa shape index (κ1) is 12.8. The van der Waals surface area contributed by atoms with Crippen LogP contribution in [0.15, 0.2) is 59.2 Å². The Kier molecular flexibility index (Phi) is 3.44. The Morgan fingerprint density at radius 3 is 2.60 bits per heavy atom. The van der Waals surface area contributed by atoms with Gasteiger partial charge in [-0.2, -0.15) is 0 Å². The highest BCUT2D eigenvalue weighted by Gasteiger charge is 2.15. The second-order valence-corrected chi connectivity index (χ2v) is 4.99. The molecule has 0 spiro atoms. The minimum absolute atomic E-state index is 0.0429. The van der Waals surface area contributed by atoms with Crippen LogP contribution in [0.4, 0.5) is 5.69 Å². The van der Waals surface area contributed by atoms with Gasteiger partial charge in [0.1, 0.15) is 5.58 Å². The van der Waals surface area contributed by atoms with Crippen LogP contribution in [0.2, 0.25) is 0 Å². The maximum absolute atomic E-state index is 5.93. The Morgan fingerprint density at radius 1 is 1.10 bits per heavy atom. The van der Waals surface area contributed by atoms with Crippen molar-refractivity contribution in [2.24, 2.45) is 5.73 Å². The third kappa shape index (κ3) is 2.40. The van der Waals surface area contributed by atoms with Crippen molar-refractivity contribution < 1.29 is 4.42 Å². The van der Waals surface area contributed by atoms with E-state index >= 15 is 0 Å². The van der Waals surface area contributed by atoms with Crippen molar-refractivity contribution in [3.63, 3.8) is 0 Å². The molecule has 0 aliphatic heterocycles. The van der Waals surface area contributed by atoms with Gasteiger partial charge in [0, 0.05) is 23.2 Å². The number of nitrogens with one attached hydrogen (secondary N) is 1. The molecular formula is C17H18N2O. The number of aryl methyl sites for hydroxylation is 1. The largest absolute Gasteiger partial charge is 0.464 e. The number of rotatable bonds is 4. The first-order valence-corrected chi connectivity index (χ1v) is 6.77. The molecule has 1 unspecified atom stereocenters. The fourth-order valence-corrected chi connectivity index (χ4v) is 2.38. The Hall–Kier alpha value is -2.26. The highest BCUT2D eigenvalue weighted by atomic mass is 16.3. The average molecular weight is 266 g/mol. The van der Waals surface area contributed by atoms with Crippen LogP contribution < -0.4 is 11.1 Å². The highest BCUT2D eigenvalue weighted by Crippen LogP contribution is 2.28. The van der Waals surface area contributed by atoms with Gasteiger partial charge in [0.25, 0.3) is 0 Å². The van der Waals surface area contributed by atoms with Gasteiger partial charge in [-0.05, 0) is 25.1 Å². The first-order valence-electron chi connectivity index (χ1n) is 6.77. The molecule has 3 N–H and O–H groups in total. The van der Waals surface area contributed by atoms with Crippen LogP contribution >= 0.6 is 0 Å². The second-order valence-electron chi connectivity index (χ2n) is 4.99. The second kappa shape index (κ2) is 5.39. The van der Waals surface area contributed by atoms with Crippen LogP contribution in [0.5, 0.6) is 0 Å². The van der Waals surface area contributed by atoms with Crippen LogP contribution in [0.25, 0.3) is 11.0 Å². The summed E-state index contributed by atoms with van der Waals surface area (Å²) in [7, 11) is 0. The van der Waals surface area contributed by atoms with Crippen molar-refractivity contribution in [2.75, 3.05) is 11.9 Å². The summed E-state index contributed by atoms with van der Waals surface area (Å²) in [4.78, 5) is 0. The van der Waals surface area contributed by atoms with E-state index in [-0.39, 0.29) is 6.04 Å². The molecule has 1 heterocycles. The number of furan rings is 1. The van der Waals surface area contributed by atoms with Crippen molar-refractivity contribution in [3.05, 3.63) is 65.9 Å². The Morgan fingerprint density at radius 2 is 1.85 bits per heavy atom. The molecule has 2 aromatic carbocycles. The minimum atomic E-state index is 0.0429. The lowest BCUT2D eigenvalue weighted by atomic mass is 10.1. The number of anilines is 1. The molecule has 3 rings (SSSR count). The molecular weight excluding hydrogens is 248 g/mol. The van der Waals surface area contributed by atoms with Crippen LogP contribution in [0, 0.1) is 6.92 Å². The molecule has 0 radical (unpaired) electrons. The quantitative estimate of drug-likeness (QED) is 0.754. The molecule has 102 valence electrons. The molecule has 1 atom stereocenters. The highest BCUT2D eigenvalue weighted by molar-refractivity contribution is 5.81. The van der Waals surface area contributed by atoms with E-state index in [0.717, 1.165) is 22.2 Å². The molecule has 3 heteroatoms. The zero-order valence-corrected chi connectivity index (χ0v) is 11.5. The maximum Gasteiger partial charge on any atom is 0.134 e. The van der Waals surface area contributed by atoms with Gasteiger partial charge in [-0.15, -0.1) is 0 Å². The summed E-state index contributed by atoms with van der Waals surface area (Å²) >= 11 is 0. The van der Waals surface area contributed by atoms with Crippen molar-refractivity contribution in [1.29, 1.82) is 0 Å². The predicted molar refractivity (Wildman–Crippen MR) is 82.8 cm³/mol. The molecule has 0 aliphatic carbocycles. The number of fused-ring (bicyclic) bond motifs is 1. The van der Waals surface area contributed by atoms with E-state index in [1.54, 1.807) is 6.26 Å². The molecule has 3 aromatic rings. The summed E-state index contributed by atoms with van der Waals surface area (Å²) in [5.74, 6) is 0. The Bertz CT molecular complexity index is 700. The molecule has 0 aliphatic rings. The third-order valence-electron chi connectivity index (χ3n) is 3.51. The SMILES string of the molecule is Cc1ccc(NC(CN)c2coc3ccccc23)cc1. The van der Waals surface area contributed by atoms with Crippen LogP contribution in [0.3, 0.4) is 0 Å². The fraction of sp³-hybridized carbons (Fsp3) is 0.176. The van der Waals surface area contributed by atoms with Crippen molar-refractivity contribution in [3.8, 4) is 0 Å². The molecule has 0 fully saturated rings. The lowest BCUT2D eigenvalue weighted by Gasteiger charge is -2.17. The van der Waals surface area contributed by atoms with Gasteiger partial charge in [-0.25, -0.2) is 0 Å². The van der Waals surface area contributed by atoms with E-state index in [0.29, 0.717) is 6.54 Å². The van der Waals surface area contributed by atoms with E-state index in [2.05, 4.69) is 42.6 Å². The Balaban J connectivity index is 1.91. The molecule has 0 saturated carbocycles. The summed E-state index contributed by atoms with van der Waals surface area (Å²) in [6.45, 7) is 2.59.